The highest BCUT2D eigenvalue weighted by Crippen LogP contribution is 2.36. The predicted molar refractivity (Wildman–Crippen MR) is 130 cm³/mol. The number of anilines is 1. The average Bonchev–Trinajstić information content (AvgIpc) is 3.27. The smallest absolute Gasteiger partial charge is 0.348 e. The summed E-state index contributed by atoms with van der Waals surface area (Å²) in [5.74, 6) is 0. The quantitative estimate of drug-likeness (QED) is 0.371. The molecule has 0 bridgehead atoms. The summed E-state index contributed by atoms with van der Waals surface area (Å²) < 4.78 is 65.5. The number of hydrogen-bond acceptors (Lipinski definition) is 5. The van der Waals surface area contributed by atoms with Crippen molar-refractivity contribution >= 4 is 37.9 Å². The van der Waals surface area contributed by atoms with E-state index in [-0.39, 0.29) is 5.02 Å². The fraction of sp³-hybridized carbons (Fsp3) is 0.375. The Morgan fingerprint density at radius 1 is 1.09 bits per heavy atom. The number of sulfone groups is 1. The van der Waals surface area contributed by atoms with Crippen LogP contribution in [-0.4, -0.2) is 31.7 Å². The molecule has 4 rings (SSSR count). The van der Waals surface area contributed by atoms with Crippen LogP contribution in [0.25, 0.3) is 0 Å². The van der Waals surface area contributed by atoms with Crippen LogP contribution < -0.4 is 4.90 Å². The molecule has 1 fully saturated rings. The maximum Gasteiger partial charge on any atom is 0.416 e. The molecule has 1 aromatic heterocycles. The third kappa shape index (κ3) is 5.42. The molecule has 182 valence electrons. The van der Waals surface area contributed by atoms with Crippen molar-refractivity contribution in [3.05, 3.63) is 75.3 Å². The summed E-state index contributed by atoms with van der Waals surface area (Å²) in [7, 11) is -4.00. The minimum absolute atomic E-state index is 0.188. The number of piperidine rings is 1. The van der Waals surface area contributed by atoms with Gasteiger partial charge in [0.05, 0.1) is 26.4 Å². The van der Waals surface area contributed by atoms with Crippen LogP contribution in [0.3, 0.4) is 0 Å². The molecule has 1 saturated heterocycles. The van der Waals surface area contributed by atoms with Crippen molar-refractivity contribution in [2.45, 2.75) is 48.9 Å². The van der Waals surface area contributed by atoms with Crippen molar-refractivity contribution in [1.82, 2.24) is 4.98 Å². The Bertz CT molecular complexity index is 1250. The minimum Gasteiger partial charge on any atom is -0.348 e. The van der Waals surface area contributed by atoms with E-state index in [4.69, 9.17) is 16.6 Å². The molecule has 1 aliphatic rings. The summed E-state index contributed by atoms with van der Waals surface area (Å²) in [4.78, 5) is 6.30. The molecule has 0 amide bonds. The van der Waals surface area contributed by atoms with Gasteiger partial charge in [-0.2, -0.15) is 13.2 Å². The van der Waals surface area contributed by atoms with Crippen molar-refractivity contribution < 1.29 is 21.6 Å². The summed E-state index contributed by atoms with van der Waals surface area (Å²) in [6.07, 6.45) is -2.34. The average molecular weight is 529 g/mol. The first-order valence-corrected chi connectivity index (χ1v) is 13.8. The number of hydrogen-bond donors (Lipinski definition) is 0. The first-order valence-electron chi connectivity index (χ1n) is 11.0. The van der Waals surface area contributed by atoms with Crippen LogP contribution in [0, 0.1) is 0 Å². The molecule has 2 aromatic carbocycles. The van der Waals surface area contributed by atoms with Gasteiger partial charge < -0.3 is 4.90 Å². The summed E-state index contributed by atoms with van der Waals surface area (Å²) >= 11 is 7.51. The maximum atomic E-state index is 13.1. The van der Waals surface area contributed by atoms with Gasteiger partial charge in [-0.15, -0.1) is 11.3 Å². The van der Waals surface area contributed by atoms with Crippen molar-refractivity contribution in [2.75, 3.05) is 18.0 Å². The van der Waals surface area contributed by atoms with Gasteiger partial charge in [-0.1, -0.05) is 42.8 Å². The van der Waals surface area contributed by atoms with E-state index in [0.29, 0.717) is 32.0 Å². The molecular formula is C24H24ClF3N2O2S2. The molecule has 0 atom stereocenters. The molecule has 0 N–H and O–H groups in total. The Kier molecular flexibility index (Phi) is 7.26. The van der Waals surface area contributed by atoms with E-state index in [1.807, 2.05) is 10.3 Å². The molecule has 3 aromatic rings. The number of aromatic nitrogens is 1. The second kappa shape index (κ2) is 9.87. The number of rotatable bonds is 6. The van der Waals surface area contributed by atoms with E-state index >= 15 is 0 Å². The minimum atomic E-state index is -4.64. The summed E-state index contributed by atoms with van der Waals surface area (Å²) in [5, 5.41) is 1.86. The zero-order valence-electron chi connectivity index (χ0n) is 18.5. The molecule has 0 radical (unpaired) electrons. The van der Waals surface area contributed by atoms with Crippen LogP contribution in [0.5, 0.6) is 0 Å². The Balaban J connectivity index is 1.42. The van der Waals surface area contributed by atoms with Gasteiger partial charge in [-0.3, -0.25) is 0 Å². The Labute approximate surface area is 206 Å². The van der Waals surface area contributed by atoms with E-state index in [1.165, 1.54) is 22.5 Å². The summed E-state index contributed by atoms with van der Waals surface area (Å²) in [5.41, 5.74) is 2.39. The van der Waals surface area contributed by atoms with Gasteiger partial charge in [-0.25, -0.2) is 13.4 Å². The predicted octanol–water partition coefficient (Wildman–Crippen LogP) is 6.41. The normalized spacial score (nSPS) is 15.6. The number of alkyl halides is 3. The van der Waals surface area contributed by atoms with E-state index in [1.54, 1.807) is 0 Å². The molecule has 0 saturated carbocycles. The van der Waals surface area contributed by atoms with Crippen LogP contribution >= 0.6 is 22.9 Å². The van der Waals surface area contributed by atoms with Gasteiger partial charge >= 0.3 is 6.18 Å². The van der Waals surface area contributed by atoms with E-state index in [2.05, 4.69) is 31.2 Å². The third-order valence-electron chi connectivity index (χ3n) is 6.07. The number of benzene rings is 2. The molecule has 1 aliphatic heterocycles. The Hall–Kier alpha value is -2.10. The van der Waals surface area contributed by atoms with Crippen molar-refractivity contribution in [1.29, 1.82) is 0 Å². The van der Waals surface area contributed by atoms with Gasteiger partial charge in [0.2, 0.25) is 0 Å². The highest BCUT2D eigenvalue weighted by Gasteiger charge is 2.36. The zero-order chi connectivity index (χ0) is 24.5. The Morgan fingerprint density at radius 2 is 1.74 bits per heavy atom. The van der Waals surface area contributed by atoms with Gasteiger partial charge in [0.25, 0.3) is 0 Å². The van der Waals surface area contributed by atoms with Crippen molar-refractivity contribution in [3.63, 3.8) is 0 Å². The summed E-state index contributed by atoms with van der Waals surface area (Å²) in [6.45, 7) is 3.03. The van der Waals surface area contributed by atoms with Gasteiger partial charge in [0, 0.05) is 24.9 Å². The first kappa shape index (κ1) is 25.0. The highest BCUT2D eigenvalue weighted by atomic mass is 35.5. The summed E-state index contributed by atoms with van der Waals surface area (Å²) in [6, 6.07) is 10.9. The maximum absolute atomic E-state index is 13.1. The molecule has 2 heterocycles. The third-order valence-corrected chi connectivity index (χ3v) is 9.76. The lowest BCUT2D eigenvalue weighted by Crippen LogP contribution is -2.39. The van der Waals surface area contributed by atoms with Crippen LogP contribution in [0.4, 0.5) is 18.3 Å². The molecule has 0 spiro atoms. The van der Waals surface area contributed by atoms with Crippen LogP contribution in [-0.2, 0) is 28.9 Å². The second-order valence-electron chi connectivity index (χ2n) is 8.34. The zero-order valence-corrected chi connectivity index (χ0v) is 20.9. The standard InChI is InChI=1S/C24H24ClF3N2O2S2/c1-2-16-3-5-17(6-4-16)13-19-15-33-23(29-19)30-11-9-20(10-12-30)34(31,32)22-14-18(24(26,27)28)7-8-21(22)25/h3-8,14-15,20H,2,9-13H2,1H3. The highest BCUT2D eigenvalue weighted by molar-refractivity contribution is 7.92. The molecular weight excluding hydrogens is 505 g/mol. The number of halogens is 4. The van der Waals surface area contributed by atoms with Crippen LogP contribution in [0.15, 0.2) is 52.7 Å². The molecule has 0 aliphatic carbocycles. The van der Waals surface area contributed by atoms with E-state index in [9.17, 15) is 21.6 Å². The topological polar surface area (TPSA) is 50.3 Å². The van der Waals surface area contributed by atoms with Crippen LogP contribution in [0.1, 0.15) is 42.1 Å². The van der Waals surface area contributed by atoms with E-state index < -0.39 is 31.7 Å². The number of aryl methyl sites for hydroxylation is 1. The van der Waals surface area contributed by atoms with Gasteiger partial charge in [0.15, 0.2) is 15.0 Å². The van der Waals surface area contributed by atoms with Gasteiger partial charge in [-0.05, 0) is 48.6 Å². The first-order chi connectivity index (χ1) is 16.1. The van der Waals surface area contributed by atoms with Gasteiger partial charge in [0.1, 0.15) is 0 Å². The van der Waals surface area contributed by atoms with Crippen molar-refractivity contribution in [2.24, 2.45) is 0 Å². The number of nitrogens with zero attached hydrogens (tertiary/aromatic N) is 2. The van der Waals surface area contributed by atoms with Crippen LogP contribution in [0.2, 0.25) is 5.02 Å². The monoisotopic (exact) mass is 528 g/mol. The lowest BCUT2D eigenvalue weighted by molar-refractivity contribution is -0.137. The number of thiazole rings is 1. The molecule has 0 unspecified atom stereocenters. The molecule has 4 nitrogen and oxygen atoms in total. The van der Waals surface area contributed by atoms with Crippen molar-refractivity contribution in [3.8, 4) is 0 Å². The second-order valence-corrected chi connectivity index (χ2v) is 11.8. The largest absolute Gasteiger partial charge is 0.416 e. The molecule has 10 heteroatoms. The molecule has 34 heavy (non-hydrogen) atoms. The fourth-order valence-electron chi connectivity index (χ4n) is 4.06. The van der Waals surface area contributed by atoms with E-state index in [0.717, 1.165) is 35.8 Å². The fourth-order valence-corrected chi connectivity index (χ4v) is 7.20. The SMILES string of the molecule is CCc1ccc(Cc2csc(N3CCC(S(=O)(=O)c4cc(C(F)(F)F)ccc4Cl)CC3)n2)cc1. The lowest BCUT2D eigenvalue weighted by atomic mass is 10.1. The Morgan fingerprint density at radius 3 is 2.35 bits per heavy atom. The lowest BCUT2D eigenvalue weighted by Gasteiger charge is -2.31.